The molecule has 0 saturated heterocycles. The minimum atomic E-state index is 0.427. The number of nitrogens with zero attached hydrogens (tertiary/aromatic N) is 1. The Morgan fingerprint density at radius 2 is 1.89 bits per heavy atom. The molecule has 0 aliphatic carbocycles. The first-order valence-electron chi connectivity index (χ1n) is 7.09. The Balaban J connectivity index is 2.78. The molecule has 1 N–H and O–H groups in total. The molecule has 0 bridgehead atoms. The lowest BCUT2D eigenvalue weighted by Crippen LogP contribution is -2.34. The van der Waals surface area contributed by atoms with Crippen molar-refractivity contribution in [1.82, 2.24) is 10.2 Å². The normalized spacial score (nSPS) is 13.0. The van der Waals surface area contributed by atoms with Crippen molar-refractivity contribution in [2.75, 3.05) is 26.7 Å². The standard InChI is InChI=1S/C16H28N2/c1-6-10-18(7-2)12-16(17-5)15-9-8-13(3)14(4)11-15/h8-9,11,16-17H,6-7,10,12H2,1-5H3. The molecule has 102 valence electrons. The highest BCUT2D eigenvalue weighted by molar-refractivity contribution is 5.31. The van der Waals surface area contributed by atoms with Gasteiger partial charge in [0.05, 0.1) is 0 Å². The molecule has 1 aromatic carbocycles. The summed E-state index contributed by atoms with van der Waals surface area (Å²) < 4.78 is 0. The summed E-state index contributed by atoms with van der Waals surface area (Å²) in [5.41, 5.74) is 4.15. The van der Waals surface area contributed by atoms with Crippen molar-refractivity contribution < 1.29 is 0 Å². The summed E-state index contributed by atoms with van der Waals surface area (Å²) in [5, 5.41) is 3.45. The zero-order chi connectivity index (χ0) is 13.5. The molecule has 1 atom stereocenters. The molecule has 0 spiro atoms. The molecule has 0 aliphatic rings. The second-order valence-corrected chi connectivity index (χ2v) is 5.08. The molecule has 2 heteroatoms. The van der Waals surface area contributed by atoms with Gasteiger partial charge in [-0.25, -0.2) is 0 Å². The van der Waals surface area contributed by atoms with Crippen molar-refractivity contribution in [3.8, 4) is 0 Å². The van der Waals surface area contributed by atoms with Crippen LogP contribution in [-0.2, 0) is 0 Å². The molecule has 1 unspecified atom stereocenters. The Labute approximate surface area is 112 Å². The highest BCUT2D eigenvalue weighted by atomic mass is 15.1. The number of hydrogen-bond donors (Lipinski definition) is 1. The Kier molecular flexibility index (Phi) is 6.37. The van der Waals surface area contributed by atoms with Gasteiger partial charge in [-0.15, -0.1) is 0 Å². The summed E-state index contributed by atoms with van der Waals surface area (Å²) >= 11 is 0. The fourth-order valence-electron chi connectivity index (χ4n) is 2.30. The molecule has 0 amide bonds. The van der Waals surface area contributed by atoms with Gasteiger partial charge in [0, 0.05) is 12.6 Å². The van der Waals surface area contributed by atoms with Gasteiger partial charge in [0.25, 0.3) is 0 Å². The third-order valence-electron chi connectivity index (χ3n) is 3.71. The summed E-state index contributed by atoms with van der Waals surface area (Å²) in [4.78, 5) is 2.51. The van der Waals surface area contributed by atoms with Crippen molar-refractivity contribution in [3.63, 3.8) is 0 Å². The van der Waals surface area contributed by atoms with E-state index in [1.165, 1.54) is 29.7 Å². The molecule has 0 radical (unpaired) electrons. The van der Waals surface area contributed by atoms with Crippen LogP contribution < -0.4 is 5.32 Å². The van der Waals surface area contributed by atoms with Crippen LogP contribution in [0.5, 0.6) is 0 Å². The van der Waals surface area contributed by atoms with E-state index in [9.17, 15) is 0 Å². The van der Waals surface area contributed by atoms with Crippen molar-refractivity contribution in [1.29, 1.82) is 0 Å². The summed E-state index contributed by atoms with van der Waals surface area (Å²) in [7, 11) is 2.06. The maximum Gasteiger partial charge on any atom is 0.0446 e. The fraction of sp³-hybridized carbons (Fsp3) is 0.625. The number of likely N-dealkylation sites (N-methyl/N-ethyl adjacent to an activating group) is 2. The maximum absolute atomic E-state index is 3.45. The highest BCUT2D eigenvalue weighted by Gasteiger charge is 2.13. The second-order valence-electron chi connectivity index (χ2n) is 5.08. The first kappa shape index (κ1) is 15.2. The van der Waals surface area contributed by atoms with E-state index in [0.717, 1.165) is 13.1 Å². The molecule has 2 nitrogen and oxygen atoms in total. The smallest absolute Gasteiger partial charge is 0.0446 e. The van der Waals surface area contributed by atoms with Crippen LogP contribution in [0, 0.1) is 13.8 Å². The van der Waals surface area contributed by atoms with Gasteiger partial charge in [-0.3, -0.25) is 0 Å². The number of aryl methyl sites for hydroxylation is 2. The van der Waals surface area contributed by atoms with Crippen LogP contribution >= 0.6 is 0 Å². The van der Waals surface area contributed by atoms with Gasteiger partial charge in [0.1, 0.15) is 0 Å². The number of benzene rings is 1. The van der Waals surface area contributed by atoms with E-state index in [1.807, 2.05) is 0 Å². The van der Waals surface area contributed by atoms with E-state index in [2.05, 4.69) is 63.2 Å². The topological polar surface area (TPSA) is 15.3 Å². The minimum Gasteiger partial charge on any atom is -0.312 e. The Morgan fingerprint density at radius 3 is 2.39 bits per heavy atom. The SMILES string of the molecule is CCCN(CC)CC(NC)c1ccc(C)c(C)c1. The van der Waals surface area contributed by atoms with Crippen molar-refractivity contribution >= 4 is 0 Å². The highest BCUT2D eigenvalue weighted by Crippen LogP contribution is 2.18. The van der Waals surface area contributed by atoms with E-state index in [0.29, 0.717) is 6.04 Å². The second kappa shape index (κ2) is 7.55. The van der Waals surface area contributed by atoms with E-state index >= 15 is 0 Å². The molecule has 0 fully saturated rings. The first-order chi connectivity index (χ1) is 8.62. The summed E-state index contributed by atoms with van der Waals surface area (Å²) in [6.07, 6.45) is 1.22. The Bertz CT molecular complexity index is 360. The predicted molar refractivity (Wildman–Crippen MR) is 80.1 cm³/mol. The lowest BCUT2D eigenvalue weighted by Gasteiger charge is -2.26. The third kappa shape index (κ3) is 4.11. The maximum atomic E-state index is 3.45. The van der Waals surface area contributed by atoms with Gasteiger partial charge in [0.15, 0.2) is 0 Å². The van der Waals surface area contributed by atoms with Gasteiger partial charge < -0.3 is 10.2 Å². The Hall–Kier alpha value is -0.860. The summed E-state index contributed by atoms with van der Waals surface area (Å²) in [6, 6.07) is 7.22. The molecule has 18 heavy (non-hydrogen) atoms. The predicted octanol–water partition coefficient (Wildman–Crippen LogP) is 3.30. The molecule has 0 heterocycles. The molecular formula is C16H28N2. The molecule has 1 aromatic rings. The minimum absolute atomic E-state index is 0.427. The van der Waals surface area contributed by atoms with Crippen LogP contribution in [0.2, 0.25) is 0 Å². The van der Waals surface area contributed by atoms with Gasteiger partial charge in [0.2, 0.25) is 0 Å². The molecule has 0 aliphatic heterocycles. The van der Waals surface area contributed by atoms with Crippen LogP contribution in [0.25, 0.3) is 0 Å². The monoisotopic (exact) mass is 248 g/mol. The molecule has 0 aromatic heterocycles. The van der Waals surface area contributed by atoms with Crippen LogP contribution in [0.3, 0.4) is 0 Å². The van der Waals surface area contributed by atoms with E-state index in [-0.39, 0.29) is 0 Å². The van der Waals surface area contributed by atoms with Gasteiger partial charge in [-0.05, 0) is 57.1 Å². The average Bonchev–Trinajstić information content (AvgIpc) is 2.38. The van der Waals surface area contributed by atoms with E-state index in [4.69, 9.17) is 0 Å². The number of nitrogens with one attached hydrogen (secondary N) is 1. The van der Waals surface area contributed by atoms with Crippen LogP contribution in [-0.4, -0.2) is 31.6 Å². The van der Waals surface area contributed by atoms with Crippen LogP contribution in [0.15, 0.2) is 18.2 Å². The van der Waals surface area contributed by atoms with Crippen molar-refractivity contribution in [2.24, 2.45) is 0 Å². The van der Waals surface area contributed by atoms with Crippen molar-refractivity contribution in [2.45, 2.75) is 40.2 Å². The fourth-order valence-corrected chi connectivity index (χ4v) is 2.30. The van der Waals surface area contributed by atoms with Gasteiger partial charge in [-0.2, -0.15) is 0 Å². The molecule has 1 rings (SSSR count). The van der Waals surface area contributed by atoms with E-state index in [1.54, 1.807) is 0 Å². The number of rotatable bonds is 7. The summed E-state index contributed by atoms with van der Waals surface area (Å²) in [6.45, 7) is 12.2. The first-order valence-corrected chi connectivity index (χ1v) is 7.09. The largest absolute Gasteiger partial charge is 0.312 e. The third-order valence-corrected chi connectivity index (χ3v) is 3.71. The zero-order valence-electron chi connectivity index (χ0n) is 12.6. The Morgan fingerprint density at radius 1 is 1.17 bits per heavy atom. The van der Waals surface area contributed by atoms with Crippen LogP contribution in [0.4, 0.5) is 0 Å². The van der Waals surface area contributed by atoms with Gasteiger partial charge in [-0.1, -0.05) is 32.0 Å². The van der Waals surface area contributed by atoms with Crippen molar-refractivity contribution in [3.05, 3.63) is 34.9 Å². The molecule has 0 saturated carbocycles. The van der Waals surface area contributed by atoms with E-state index < -0.39 is 0 Å². The summed E-state index contributed by atoms with van der Waals surface area (Å²) in [5.74, 6) is 0. The van der Waals surface area contributed by atoms with Crippen LogP contribution in [0.1, 0.15) is 43.0 Å². The number of hydrogen-bond acceptors (Lipinski definition) is 2. The lowest BCUT2D eigenvalue weighted by molar-refractivity contribution is 0.259. The van der Waals surface area contributed by atoms with Gasteiger partial charge >= 0.3 is 0 Å². The molecular weight excluding hydrogens is 220 g/mol. The quantitative estimate of drug-likeness (QED) is 0.796. The lowest BCUT2D eigenvalue weighted by atomic mass is 10.0. The average molecular weight is 248 g/mol. The zero-order valence-corrected chi connectivity index (χ0v) is 12.6.